The van der Waals surface area contributed by atoms with E-state index in [2.05, 4.69) is 67.6 Å². The van der Waals surface area contributed by atoms with Crippen LogP contribution in [-0.2, 0) is 6.42 Å². The topological polar surface area (TPSA) is 9.23 Å². The molecule has 1 nitrogen and oxygen atoms in total. The summed E-state index contributed by atoms with van der Waals surface area (Å²) >= 11 is 0. The van der Waals surface area contributed by atoms with Crippen LogP contribution < -0.4 is 4.74 Å². The molecule has 0 fully saturated rings. The third kappa shape index (κ3) is 3.86. The first kappa shape index (κ1) is 16.3. The number of aryl methyl sites for hydroxylation is 1. The van der Waals surface area contributed by atoms with Gasteiger partial charge in [0.25, 0.3) is 0 Å². The van der Waals surface area contributed by atoms with Gasteiger partial charge in [-0.2, -0.15) is 0 Å². The van der Waals surface area contributed by atoms with Crippen molar-refractivity contribution in [3.05, 3.63) is 78.4 Å². The minimum absolute atomic E-state index is 0.700. The number of ether oxygens (including phenoxy) is 1. The van der Waals surface area contributed by atoms with E-state index in [1.165, 1.54) is 27.5 Å². The molecule has 3 aromatic carbocycles. The Morgan fingerprint density at radius 2 is 1.54 bits per heavy atom. The number of benzene rings is 3. The molecule has 0 saturated heterocycles. The van der Waals surface area contributed by atoms with Crippen molar-refractivity contribution < 1.29 is 4.74 Å². The van der Waals surface area contributed by atoms with Gasteiger partial charge in [0.05, 0.1) is 6.61 Å². The van der Waals surface area contributed by atoms with Gasteiger partial charge in [-0.05, 0) is 72.4 Å². The van der Waals surface area contributed by atoms with Crippen LogP contribution in [0.4, 0.5) is 0 Å². The minimum atomic E-state index is 0.700. The Kier molecular flexibility index (Phi) is 5.32. The SMILES string of the molecule is C/C=C/CCc1ccc2cc(-c3ccc(OCC)cc3)ccc2c1. The number of hydrogen-bond donors (Lipinski definition) is 0. The summed E-state index contributed by atoms with van der Waals surface area (Å²) in [6, 6.07) is 21.8. The van der Waals surface area contributed by atoms with Crippen LogP contribution in [0.25, 0.3) is 21.9 Å². The van der Waals surface area contributed by atoms with Gasteiger partial charge in [0.2, 0.25) is 0 Å². The van der Waals surface area contributed by atoms with Crippen LogP contribution in [0.1, 0.15) is 25.8 Å². The van der Waals surface area contributed by atoms with E-state index in [1.54, 1.807) is 0 Å². The normalized spacial score (nSPS) is 11.2. The Hall–Kier alpha value is -2.54. The highest BCUT2D eigenvalue weighted by Crippen LogP contribution is 2.27. The third-order valence-corrected chi connectivity index (χ3v) is 4.24. The predicted octanol–water partition coefficient (Wildman–Crippen LogP) is 6.41. The highest BCUT2D eigenvalue weighted by Gasteiger charge is 2.02. The largest absolute Gasteiger partial charge is 0.494 e. The molecule has 0 aliphatic heterocycles. The molecule has 0 heterocycles. The van der Waals surface area contributed by atoms with Gasteiger partial charge >= 0.3 is 0 Å². The van der Waals surface area contributed by atoms with Crippen LogP contribution in [-0.4, -0.2) is 6.61 Å². The van der Waals surface area contributed by atoms with Gasteiger partial charge in [0.1, 0.15) is 5.75 Å². The molecule has 3 rings (SSSR count). The Morgan fingerprint density at radius 1 is 0.833 bits per heavy atom. The molecule has 0 spiro atoms. The van der Waals surface area contributed by atoms with Crippen molar-refractivity contribution in [2.45, 2.75) is 26.7 Å². The van der Waals surface area contributed by atoms with Crippen molar-refractivity contribution in [1.29, 1.82) is 0 Å². The van der Waals surface area contributed by atoms with Gasteiger partial charge in [0.15, 0.2) is 0 Å². The van der Waals surface area contributed by atoms with Gasteiger partial charge in [-0.25, -0.2) is 0 Å². The lowest BCUT2D eigenvalue weighted by Crippen LogP contribution is -1.90. The molecule has 0 bridgehead atoms. The lowest BCUT2D eigenvalue weighted by Gasteiger charge is -2.08. The Bertz CT molecular complexity index is 828. The zero-order valence-electron chi connectivity index (χ0n) is 14.5. The Balaban J connectivity index is 1.84. The molecule has 0 unspecified atom stereocenters. The van der Waals surface area contributed by atoms with E-state index in [0.717, 1.165) is 18.6 Å². The maximum absolute atomic E-state index is 5.52. The van der Waals surface area contributed by atoms with Crippen molar-refractivity contribution >= 4 is 10.8 Å². The van der Waals surface area contributed by atoms with Crippen LogP contribution in [0, 0.1) is 0 Å². The van der Waals surface area contributed by atoms with Crippen LogP contribution in [0.15, 0.2) is 72.8 Å². The van der Waals surface area contributed by atoms with Crippen molar-refractivity contribution in [1.82, 2.24) is 0 Å². The summed E-state index contributed by atoms with van der Waals surface area (Å²) in [6.07, 6.45) is 6.54. The van der Waals surface area contributed by atoms with Crippen molar-refractivity contribution in [3.63, 3.8) is 0 Å². The van der Waals surface area contributed by atoms with Crippen molar-refractivity contribution in [3.8, 4) is 16.9 Å². The first-order valence-electron chi connectivity index (χ1n) is 8.67. The van der Waals surface area contributed by atoms with E-state index in [-0.39, 0.29) is 0 Å². The fourth-order valence-corrected chi connectivity index (χ4v) is 2.96. The summed E-state index contributed by atoms with van der Waals surface area (Å²) in [5, 5.41) is 2.60. The standard InChI is InChI=1S/C23H24O/c1-3-5-6-7-18-8-9-22-17-21(11-10-20(22)16-18)19-12-14-23(15-13-19)24-4-2/h3,5,8-17H,4,6-7H2,1-2H3/b5-3+. The maximum Gasteiger partial charge on any atom is 0.119 e. The Labute approximate surface area is 144 Å². The molecule has 0 aliphatic carbocycles. The zero-order chi connectivity index (χ0) is 16.8. The molecule has 0 N–H and O–H groups in total. The number of fused-ring (bicyclic) bond motifs is 1. The second-order valence-corrected chi connectivity index (χ2v) is 5.96. The fourth-order valence-electron chi connectivity index (χ4n) is 2.96. The summed E-state index contributed by atoms with van der Waals surface area (Å²) < 4.78 is 5.52. The molecular weight excluding hydrogens is 292 g/mol. The molecule has 1 heteroatoms. The summed E-state index contributed by atoms with van der Waals surface area (Å²) in [4.78, 5) is 0. The smallest absolute Gasteiger partial charge is 0.119 e. The molecule has 0 saturated carbocycles. The van der Waals surface area contributed by atoms with E-state index in [4.69, 9.17) is 4.74 Å². The van der Waals surface area contributed by atoms with E-state index in [0.29, 0.717) is 6.61 Å². The Morgan fingerprint density at radius 3 is 2.29 bits per heavy atom. The lowest BCUT2D eigenvalue weighted by atomic mass is 9.99. The molecule has 0 radical (unpaired) electrons. The van der Waals surface area contributed by atoms with Crippen molar-refractivity contribution in [2.24, 2.45) is 0 Å². The number of hydrogen-bond acceptors (Lipinski definition) is 1. The lowest BCUT2D eigenvalue weighted by molar-refractivity contribution is 0.340. The van der Waals surface area contributed by atoms with Crippen LogP contribution >= 0.6 is 0 Å². The monoisotopic (exact) mass is 316 g/mol. The average molecular weight is 316 g/mol. The summed E-state index contributed by atoms with van der Waals surface area (Å²) in [7, 11) is 0. The highest BCUT2D eigenvalue weighted by atomic mass is 16.5. The second-order valence-electron chi connectivity index (χ2n) is 5.96. The van der Waals surface area contributed by atoms with Crippen LogP contribution in [0.2, 0.25) is 0 Å². The zero-order valence-corrected chi connectivity index (χ0v) is 14.5. The van der Waals surface area contributed by atoms with E-state index in [9.17, 15) is 0 Å². The first-order valence-corrected chi connectivity index (χ1v) is 8.67. The minimum Gasteiger partial charge on any atom is -0.494 e. The molecular formula is C23H24O. The number of rotatable bonds is 6. The molecule has 0 aromatic heterocycles. The van der Waals surface area contributed by atoms with Gasteiger partial charge in [-0.15, -0.1) is 0 Å². The van der Waals surface area contributed by atoms with Gasteiger partial charge in [-0.3, -0.25) is 0 Å². The highest BCUT2D eigenvalue weighted by molar-refractivity contribution is 5.87. The van der Waals surface area contributed by atoms with Gasteiger partial charge in [0, 0.05) is 0 Å². The maximum atomic E-state index is 5.52. The quantitative estimate of drug-likeness (QED) is 0.477. The summed E-state index contributed by atoms with van der Waals surface area (Å²) in [6.45, 7) is 4.78. The summed E-state index contributed by atoms with van der Waals surface area (Å²) in [5.74, 6) is 0.924. The van der Waals surface area contributed by atoms with Crippen molar-refractivity contribution in [2.75, 3.05) is 6.61 Å². The molecule has 122 valence electrons. The fraction of sp³-hybridized carbons (Fsp3) is 0.217. The molecule has 0 aliphatic rings. The van der Waals surface area contributed by atoms with Gasteiger partial charge in [-0.1, -0.05) is 54.6 Å². The van der Waals surface area contributed by atoms with Gasteiger partial charge < -0.3 is 4.74 Å². The molecule has 24 heavy (non-hydrogen) atoms. The molecule has 0 amide bonds. The third-order valence-electron chi connectivity index (χ3n) is 4.24. The van der Waals surface area contributed by atoms with Crippen LogP contribution in [0.3, 0.4) is 0 Å². The van der Waals surface area contributed by atoms with E-state index >= 15 is 0 Å². The molecule has 3 aromatic rings. The second kappa shape index (κ2) is 7.83. The first-order chi connectivity index (χ1) is 11.8. The average Bonchev–Trinajstić information content (AvgIpc) is 2.62. The molecule has 0 atom stereocenters. The van der Waals surface area contributed by atoms with E-state index < -0.39 is 0 Å². The number of allylic oxidation sites excluding steroid dienone is 2. The summed E-state index contributed by atoms with van der Waals surface area (Å²) in [5.41, 5.74) is 3.86. The predicted molar refractivity (Wildman–Crippen MR) is 104 cm³/mol. The van der Waals surface area contributed by atoms with Crippen LogP contribution in [0.5, 0.6) is 5.75 Å². The van der Waals surface area contributed by atoms with E-state index in [1.807, 2.05) is 19.1 Å².